The maximum atomic E-state index is 12.2. The molecule has 0 aliphatic heterocycles. The molecule has 0 spiro atoms. The van der Waals surface area contributed by atoms with Crippen LogP contribution in [0.1, 0.15) is 19.7 Å². The minimum Gasteiger partial charge on any atom is -0.382 e. The lowest BCUT2D eigenvalue weighted by molar-refractivity contribution is -0.198. The maximum absolute atomic E-state index is 12.2. The number of rotatable bonds is 8. The van der Waals surface area contributed by atoms with Crippen molar-refractivity contribution in [1.29, 1.82) is 0 Å². The van der Waals surface area contributed by atoms with Gasteiger partial charge in [0.05, 0.1) is 6.54 Å². The van der Waals surface area contributed by atoms with E-state index in [0.29, 0.717) is 24.8 Å². The molecule has 6 nitrogen and oxygen atoms in total. The minimum absolute atomic E-state index is 0.159. The lowest BCUT2D eigenvalue weighted by atomic mass is 10.3. The average molecular weight is 308 g/mol. The summed E-state index contributed by atoms with van der Waals surface area (Å²) in [7, 11) is 0. The molecule has 3 N–H and O–H groups in total. The molecule has 120 valence electrons. The first-order valence-electron chi connectivity index (χ1n) is 6.55. The monoisotopic (exact) mass is 308 g/mol. The number of aromatic nitrogens is 2. The van der Waals surface area contributed by atoms with Gasteiger partial charge in [-0.3, -0.25) is 0 Å². The number of hydrogen-bond donors (Lipinski definition) is 3. The van der Waals surface area contributed by atoms with Crippen molar-refractivity contribution in [3.05, 3.63) is 11.9 Å². The second-order valence-corrected chi connectivity index (χ2v) is 4.16. The van der Waals surface area contributed by atoms with Crippen LogP contribution in [0.4, 0.5) is 24.8 Å². The third-order valence-corrected chi connectivity index (χ3v) is 2.42. The summed E-state index contributed by atoms with van der Waals surface area (Å²) in [4.78, 5) is 8.21. The Bertz CT molecular complexity index is 443. The van der Waals surface area contributed by atoms with Crippen molar-refractivity contribution in [2.24, 2.45) is 0 Å². The van der Waals surface area contributed by atoms with Gasteiger partial charge in [0, 0.05) is 19.2 Å². The molecule has 1 heterocycles. The van der Waals surface area contributed by atoms with Gasteiger partial charge in [-0.25, -0.2) is 9.97 Å². The van der Waals surface area contributed by atoms with E-state index in [1.165, 1.54) is 6.07 Å². The third kappa shape index (κ3) is 6.13. The van der Waals surface area contributed by atoms with E-state index in [2.05, 4.69) is 20.6 Å². The zero-order valence-electron chi connectivity index (χ0n) is 11.9. The highest BCUT2D eigenvalue weighted by Crippen LogP contribution is 2.20. The predicted octanol–water partition coefficient (Wildman–Crippen LogP) is 1.78. The summed E-state index contributed by atoms with van der Waals surface area (Å²) >= 11 is 0. The molecule has 1 unspecified atom stereocenters. The molecule has 0 radical (unpaired) electrons. The molecule has 0 saturated carbocycles. The lowest BCUT2D eigenvalue weighted by Gasteiger charge is -2.16. The standard InChI is InChI=1S/C12H19F3N4O2/c1-3-16-9-5-10(17-6-8(20)12(13,14)15)19-11(18-9)7-21-4-2/h5,8,20H,3-4,6-7H2,1-2H3,(H2,16,17,18,19). The SMILES string of the molecule is CCNc1cc(NCC(O)C(F)(F)F)nc(COCC)n1. The molecule has 0 aromatic carbocycles. The van der Waals surface area contributed by atoms with Gasteiger partial charge in [-0.15, -0.1) is 0 Å². The Balaban J connectivity index is 2.77. The van der Waals surface area contributed by atoms with Gasteiger partial charge in [0.2, 0.25) is 0 Å². The summed E-state index contributed by atoms with van der Waals surface area (Å²) < 4.78 is 41.9. The van der Waals surface area contributed by atoms with Crippen LogP contribution in [0.15, 0.2) is 6.07 Å². The van der Waals surface area contributed by atoms with Gasteiger partial charge in [0.1, 0.15) is 18.2 Å². The molecule has 0 aliphatic carbocycles. The van der Waals surface area contributed by atoms with Crippen molar-refractivity contribution in [2.45, 2.75) is 32.7 Å². The number of halogens is 3. The molecule has 0 fully saturated rings. The van der Waals surface area contributed by atoms with Crippen LogP contribution >= 0.6 is 0 Å². The Morgan fingerprint density at radius 3 is 2.38 bits per heavy atom. The molecule has 1 rings (SSSR count). The van der Waals surface area contributed by atoms with E-state index >= 15 is 0 Å². The van der Waals surface area contributed by atoms with Crippen LogP contribution in [-0.2, 0) is 11.3 Å². The van der Waals surface area contributed by atoms with Crippen molar-refractivity contribution >= 4 is 11.6 Å². The van der Waals surface area contributed by atoms with Gasteiger partial charge < -0.3 is 20.5 Å². The molecule has 0 amide bonds. The lowest BCUT2D eigenvalue weighted by Crippen LogP contribution is -2.35. The summed E-state index contributed by atoms with van der Waals surface area (Å²) in [6.45, 7) is 4.24. The van der Waals surface area contributed by atoms with Crippen molar-refractivity contribution in [3.8, 4) is 0 Å². The molecular weight excluding hydrogens is 289 g/mol. The van der Waals surface area contributed by atoms with E-state index in [9.17, 15) is 13.2 Å². The first-order chi connectivity index (χ1) is 9.86. The Morgan fingerprint density at radius 1 is 1.24 bits per heavy atom. The van der Waals surface area contributed by atoms with Crippen LogP contribution in [0, 0.1) is 0 Å². The van der Waals surface area contributed by atoms with E-state index in [1.807, 2.05) is 13.8 Å². The van der Waals surface area contributed by atoms with E-state index < -0.39 is 18.8 Å². The number of nitrogens with zero attached hydrogens (tertiary/aromatic N) is 2. The summed E-state index contributed by atoms with van der Waals surface area (Å²) in [5.74, 6) is 1.02. The number of hydrogen-bond acceptors (Lipinski definition) is 6. The van der Waals surface area contributed by atoms with Crippen LogP contribution in [0.2, 0.25) is 0 Å². The highest BCUT2D eigenvalue weighted by Gasteiger charge is 2.37. The Hall–Kier alpha value is -1.61. The fourth-order valence-corrected chi connectivity index (χ4v) is 1.43. The zero-order valence-corrected chi connectivity index (χ0v) is 11.9. The topological polar surface area (TPSA) is 79.3 Å². The number of alkyl halides is 3. The summed E-state index contributed by atoms with van der Waals surface area (Å²) in [6.07, 6.45) is -7.12. The molecule has 21 heavy (non-hydrogen) atoms. The van der Waals surface area contributed by atoms with Crippen molar-refractivity contribution in [3.63, 3.8) is 0 Å². The molecule has 1 aromatic heterocycles. The number of aliphatic hydroxyl groups is 1. The molecule has 0 bridgehead atoms. The van der Waals surface area contributed by atoms with Gasteiger partial charge in [-0.2, -0.15) is 13.2 Å². The molecule has 0 saturated heterocycles. The molecular formula is C12H19F3N4O2. The van der Waals surface area contributed by atoms with Crippen LogP contribution < -0.4 is 10.6 Å². The van der Waals surface area contributed by atoms with Gasteiger partial charge in [-0.05, 0) is 13.8 Å². The van der Waals surface area contributed by atoms with E-state index in [4.69, 9.17) is 9.84 Å². The van der Waals surface area contributed by atoms with Crippen molar-refractivity contribution in [1.82, 2.24) is 9.97 Å². The van der Waals surface area contributed by atoms with Gasteiger partial charge in [0.15, 0.2) is 11.9 Å². The Morgan fingerprint density at radius 2 is 1.86 bits per heavy atom. The van der Waals surface area contributed by atoms with Gasteiger partial charge in [-0.1, -0.05) is 0 Å². The fraction of sp³-hybridized carbons (Fsp3) is 0.667. The first kappa shape index (κ1) is 17.4. The van der Waals surface area contributed by atoms with E-state index in [-0.39, 0.29) is 12.4 Å². The zero-order chi connectivity index (χ0) is 15.9. The third-order valence-electron chi connectivity index (χ3n) is 2.42. The highest BCUT2D eigenvalue weighted by molar-refractivity contribution is 5.47. The van der Waals surface area contributed by atoms with Crippen molar-refractivity contribution in [2.75, 3.05) is 30.3 Å². The van der Waals surface area contributed by atoms with Gasteiger partial charge in [0.25, 0.3) is 0 Å². The molecule has 1 atom stereocenters. The van der Waals surface area contributed by atoms with Crippen LogP contribution in [0.25, 0.3) is 0 Å². The number of aliphatic hydroxyl groups excluding tert-OH is 1. The first-order valence-corrected chi connectivity index (χ1v) is 6.55. The van der Waals surface area contributed by atoms with Crippen LogP contribution in [0.5, 0.6) is 0 Å². The van der Waals surface area contributed by atoms with E-state index in [1.54, 1.807) is 0 Å². The maximum Gasteiger partial charge on any atom is 0.416 e. The number of anilines is 2. The smallest absolute Gasteiger partial charge is 0.382 e. The number of nitrogens with one attached hydrogen (secondary N) is 2. The Labute approximate surface area is 120 Å². The minimum atomic E-state index is -4.67. The second kappa shape index (κ2) is 7.99. The second-order valence-electron chi connectivity index (χ2n) is 4.16. The largest absolute Gasteiger partial charge is 0.416 e. The molecule has 9 heteroatoms. The summed E-state index contributed by atoms with van der Waals surface area (Å²) in [5.41, 5.74) is 0. The number of ether oxygens (including phenoxy) is 1. The quantitative estimate of drug-likeness (QED) is 0.679. The Kier molecular flexibility index (Phi) is 6.63. The molecule has 0 aliphatic rings. The van der Waals surface area contributed by atoms with Crippen molar-refractivity contribution < 1.29 is 23.0 Å². The van der Waals surface area contributed by atoms with E-state index in [0.717, 1.165) is 0 Å². The molecule has 1 aromatic rings. The van der Waals surface area contributed by atoms with Crippen LogP contribution in [-0.4, -0.2) is 47.1 Å². The summed E-state index contributed by atoms with van der Waals surface area (Å²) in [6, 6.07) is 1.47. The fourth-order valence-electron chi connectivity index (χ4n) is 1.43. The summed E-state index contributed by atoms with van der Waals surface area (Å²) in [5, 5.41) is 14.4. The predicted molar refractivity (Wildman–Crippen MR) is 72.1 cm³/mol. The van der Waals surface area contributed by atoms with Gasteiger partial charge >= 0.3 is 6.18 Å². The normalized spacial score (nSPS) is 13.0. The average Bonchev–Trinajstić information content (AvgIpc) is 2.41. The van der Waals surface area contributed by atoms with Crippen LogP contribution in [0.3, 0.4) is 0 Å². The highest BCUT2D eigenvalue weighted by atomic mass is 19.4.